The van der Waals surface area contributed by atoms with Crippen LogP contribution in [0.3, 0.4) is 0 Å². The van der Waals surface area contributed by atoms with Crippen molar-refractivity contribution in [1.29, 1.82) is 0 Å². The average molecular weight is 122 g/mol. The number of hydrogen-bond acceptors (Lipinski definition) is 4. The van der Waals surface area contributed by atoms with E-state index in [4.69, 9.17) is 0 Å². The molecule has 0 aliphatic rings. The zero-order valence-electron chi connectivity index (χ0n) is 4.93. The van der Waals surface area contributed by atoms with Crippen LogP contribution < -0.4 is 10.7 Å². The van der Waals surface area contributed by atoms with Crippen LogP contribution in [0.15, 0.2) is 0 Å². The second-order valence-corrected chi connectivity index (χ2v) is 1.07. The Morgan fingerprint density at radius 1 is 1.75 bits per heavy atom. The third kappa shape index (κ3) is 3.97. The van der Waals surface area contributed by atoms with Crippen molar-refractivity contribution in [2.75, 3.05) is 20.9 Å². The summed E-state index contributed by atoms with van der Waals surface area (Å²) in [4.78, 5) is 8.71. The van der Waals surface area contributed by atoms with Gasteiger partial charge in [0.2, 0.25) is 6.73 Å². The molecule has 2 N–H and O–H groups in total. The molecule has 8 heavy (non-hydrogen) atoms. The Bertz CT molecular complexity index is 51.8. The Hall–Kier alpha value is -0.200. The molecule has 0 aliphatic carbocycles. The summed E-state index contributed by atoms with van der Waals surface area (Å²) in [5, 5.41) is 9.79. The van der Waals surface area contributed by atoms with Gasteiger partial charge in [-0.1, -0.05) is 0 Å². The summed E-state index contributed by atoms with van der Waals surface area (Å²) in [6.45, 7) is -0.0486. The SMILES string of the molecule is CNOC[NH+]([O-])OC. The van der Waals surface area contributed by atoms with Crippen LogP contribution in [0.25, 0.3) is 0 Å². The zero-order valence-corrected chi connectivity index (χ0v) is 4.93. The second kappa shape index (κ2) is 4.95. The summed E-state index contributed by atoms with van der Waals surface area (Å²) < 4.78 is 0. The third-order valence-electron chi connectivity index (χ3n) is 0.562. The van der Waals surface area contributed by atoms with E-state index >= 15 is 0 Å². The molecule has 5 heteroatoms. The first kappa shape index (κ1) is 7.80. The fourth-order valence-corrected chi connectivity index (χ4v) is 0.190. The number of quaternary nitrogens is 1. The Labute approximate surface area is 47.7 Å². The summed E-state index contributed by atoms with van der Waals surface area (Å²) in [6, 6.07) is 0. The lowest BCUT2D eigenvalue weighted by molar-refractivity contribution is -1.06. The Morgan fingerprint density at radius 2 is 2.38 bits per heavy atom. The van der Waals surface area contributed by atoms with Gasteiger partial charge in [0.25, 0.3) is 0 Å². The molecule has 0 heterocycles. The minimum absolute atomic E-state index is 0.0486. The lowest BCUT2D eigenvalue weighted by Gasteiger charge is -2.15. The first-order valence-electron chi connectivity index (χ1n) is 2.16. The molecule has 0 amide bonds. The van der Waals surface area contributed by atoms with Gasteiger partial charge in [0.1, 0.15) is 0 Å². The quantitative estimate of drug-likeness (QED) is 0.336. The van der Waals surface area contributed by atoms with Crippen LogP contribution in [0.1, 0.15) is 0 Å². The Kier molecular flexibility index (Phi) is 4.82. The standard InChI is InChI=1S/C3H10N2O3/c1-4-8-3-5(6)7-2/h4-5H,3H2,1-2H3. The molecule has 0 aliphatic heterocycles. The van der Waals surface area contributed by atoms with Gasteiger partial charge in [-0.05, 0) is 0 Å². The number of hydroxylamine groups is 3. The molecular weight excluding hydrogens is 112 g/mol. The van der Waals surface area contributed by atoms with Gasteiger partial charge in [-0.15, -0.1) is 0 Å². The van der Waals surface area contributed by atoms with Crippen molar-refractivity contribution in [3.63, 3.8) is 0 Å². The molecule has 5 nitrogen and oxygen atoms in total. The lowest BCUT2D eigenvalue weighted by atomic mass is 11.3. The van der Waals surface area contributed by atoms with Crippen LogP contribution in [0.2, 0.25) is 0 Å². The van der Waals surface area contributed by atoms with Crippen LogP contribution in [0.4, 0.5) is 0 Å². The zero-order chi connectivity index (χ0) is 6.41. The lowest BCUT2D eigenvalue weighted by Crippen LogP contribution is -3.06. The summed E-state index contributed by atoms with van der Waals surface area (Å²) in [6.07, 6.45) is 0. The molecule has 0 aromatic heterocycles. The molecule has 0 rings (SSSR count). The molecule has 1 atom stereocenters. The van der Waals surface area contributed by atoms with E-state index in [9.17, 15) is 5.21 Å². The van der Waals surface area contributed by atoms with Crippen LogP contribution in [-0.2, 0) is 9.68 Å². The third-order valence-corrected chi connectivity index (χ3v) is 0.562. The first-order valence-corrected chi connectivity index (χ1v) is 2.16. The molecule has 0 aromatic carbocycles. The number of hydrogen-bond donors (Lipinski definition) is 2. The van der Waals surface area contributed by atoms with E-state index < -0.39 is 0 Å². The molecule has 0 spiro atoms. The van der Waals surface area contributed by atoms with Gasteiger partial charge in [-0.3, -0.25) is 0 Å². The maximum atomic E-state index is 10.2. The van der Waals surface area contributed by atoms with Crippen LogP contribution in [0, 0.1) is 5.21 Å². The molecular formula is C3H10N2O3. The topological polar surface area (TPSA) is 58.0 Å². The van der Waals surface area contributed by atoms with Crippen molar-refractivity contribution >= 4 is 0 Å². The highest BCUT2D eigenvalue weighted by Gasteiger charge is 1.89. The molecule has 50 valence electrons. The van der Waals surface area contributed by atoms with E-state index in [0.29, 0.717) is 0 Å². The van der Waals surface area contributed by atoms with Crippen molar-refractivity contribution in [2.45, 2.75) is 0 Å². The number of nitrogens with one attached hydrogen (secondary N) is 2. The Morgan fingerprint density at radius 3 is 2.75 bits per heavy atom. The summed E-state index contributed by atoms with van der Waals surface area (Å²) in [5.74, 6) is 0. The van der Waals surface area contributed by atoms with Gasteiger partial charge in [0, 0.05) is 7.05 Å². The highest BCUT2D eigenvalue weighted by Crippen LogP contribution is 1.48. The maximum absolute atomic E-state index is 10.2. The largest absolute Gasteiger partial charge is 0.598 e. The average Bonchev–Trinajstić information content (AvgIpc) is 1.83. The molecule has 0 radical (unpaired) electrons. The summed E-state index contributed by atoms with van der Waals surface area (Å²) in [5.41, 5.74) is 2.33. The van der Waals surface area contributed by atoms with Gasteiger partial charge < -0.3 is 5.21 Å². The highest BCUT2D eigenvalue weighted by molar-refractivity contribution is 3.93. The predicted octanol–water partition coefficient (Wildman–Crippen LogP) is -1.96. The monoisotopic (exact) mass is 122 g/mol. The van der Waals surface area contributed by atoms with Gasteiger partial charge in [-0.2, -0.15) is 5.48 Å². The molecule has 0 saturated heterocycles. The molecule has 0 bridgehead atoms. The van der Waals surface area contributed by atoms with Gasteiger partial charge in [0.15, 0.2) is 0 Å². The fraction of sp³-hybridized carbons (Fsp3) is 1.00. The first-order chi connectivity index (χ1) is 3.81. The van der Waals surface area contributed by atoms with Crippen LogP contribution >= 0.6 is 0 Å². The van der Waals surface area contributed by atoms with Gasteiger partial charge in [-0.25, -0.2) is 14.9 Å². The van der Waals surface area contributed by atoms with Crippen LogP contribution in [0.5, 0.6) is 0 Å². The van der Waals surface area contributed by atoms with Crippen molar-refractivity contribution in [2.24, 2.45) is 0 Å². The normalized spacial score (nSPS) is 13.9. The van der Waals surface area contributed by atoms with E-state index in [1.807, 2.05) is 0 Å². The summed E-state index contributed by atoms with van der Waals surface area (Å²) in [7, 11) is 2.88. The Balaban J connectivity index is 2.86. The van der Waals surface area contributed by atoms with Crippen LogP contribution in [-0.4, -0.2) is 20.9 Å². The maximum Gasteiger partial charge on any atom is 0.229 e. The molecule has 0 aromatic rings. The van der Waals surface area contributed by atoms with E-state index in [1.54, 1.807) is 7.05 Å². The number of rotatable bonds is 4. The van der Waals surface area contributed by atoms with E-state index in [1.165, 1.54) is 7.11 Å². The minimum Gasteiger partial charge on any atom is -0.598 e. The van der Waals surface area contributed by atoms with Gasteiger partial charge >= 0.3 is 0 Å². The molecule has 1 unspecified atom stereocenters. The van der Waals surface area contributed by atoms with Crippen molar-refractivity contribution in [1.82, 2.24) is 5.48 Å². The highest BCUT2D eigenvalue weighted by atomic mass is 16.9. The minimum atomic E-state index is -0.389. The predicted molar refractivity (Wildman–Crippen MR) is 26.4 cm³/mol. The van der Waals surface area contributed by atoms with E-state index in [2.05, 4.69) is 15.2 Å². The van der Waals surface area contributed by atoms with Crippen molar-refractivity contribution < 1.29 is 14.9 Å². The van der Waals surface area contributed by atoms with Crippen molar-refractivity contribution in [3.05, 3.63) is 5.21 Å². The van der Waals surface area contributed by atoms with Crippen molar-refractivity contribution in [3.8, 4) is 0 Å². The second-order valence-electron chi connectivity index (χ2n) is 1.07. The van der Waals surface area contributed by atoms with E-state index in [-0.39, 0.29) is 12.0 Å². The fourth-order valence-electron chi connectivity index (χ4n) is 0.190. The molecule has 0 saturated carbocycles. The summed E-state index contributed by atoms with van der Waals surface area (Å²) >= 11 is 0. The van der Waals surface area contributed by atoms with E-state index in [0.717, 1.165) is 0 Å². The van der Waals surface area contributed by atoms with Gasteiger partial charge in [0.05, 0.1) is 7.11 Å². The smallest absolute Gasteiger partial charge is 0.229 e. The molecule has 0 fully saturated rings.